The van der Waals surface area contributed by atoms with Crippen molar-refractivity contribution in [1.29, 1.82) is 0 Å². The molecule has 0 aliphatic carbocycles. The Morgan fingerprint density at radius 3 is 2.58 bits per heavy atom. The van der Waals surface area contributed by atoms with Crippen molar-refractivity contribution < 1.29 is 9.53 Å². The molecular formula is C12H12Cl2N2O2S. The summed E-state index contributed by atoms with van der Waals surface area (Å²) in [6, 6.07) is 4.88. The first-order valence-electron chi connectivity index (χ1n) is 5.71. The number of nitrogens with one attached hydrogen (secondary N) is 1. The molecule has 0 radical (unpaired) electrons. The van der Waals surface area contributed by atoms with Crippen LogP contribution in [0.5, 0.6) is 0 Å². The lowest BCUT2D eigenvalue weighted by molar-refractivity contribution is -0.111. The molecule has 1 aromatic rings. The Labute approximate surface area is 126 Å². The fourth-order valence-electron chi connectivity index (χ4n) is 1.67. The van der Waals surface area contributed by atoms with Crippen LogP contribution >= 0.6 is 35.4 Å². The Morgan fingerprint density at radius 1 is 1.26 bits per heavy atom. The maximum Gasteiger partial charge on any atom is 0.283 e. The van der Waals surface area contributed by atoms with Gasteiger partial charge in [0.05, 0.1) is 23.3 Å². The number of morpholine rings is 1. The number of carbonyl (C=O) groups is 1. The number of anilines is 1. The van der Waals surface area contributed by atoms with Crippen LogP contribution in [0.15, 0.2) is 18.2 Å². The topological polar surface area (TPSA) is 41.6 Å². The third kappa shape index (κ3) is 3.79. The standard InChI is InChI=1S/C12H12Cl2N2O2S/c13-9-2-1-8(7-10(9)14)15-11(17)12(19)16-3-5-18-6-4-16/h1-2,7H,3-6H2,(H,15,17). The maximum absolute atomic E-state index is 12.0. The van der Waals surface area contributed by atoms with Crippen molar-refractivity contribution in [1.82, 2.24) is 4.90 Å². The molecule has 1 saturated heterocycles. The van der Waals surface area contributed by atoms with Crippen molar-refractivity contribution in [3.05, 3.63) is 28.2 Å². The zero-order valence-corrected chi connectivity index (χ0v) is 12.3. The van der Waals surface area contributed by atoms with Crippen molar-refractivity contribution in [2.24, 2.45) is 0 Å². The lowest BCUT2D eigenvalue weighted by Gasteiger charge is -2.28. The van der Waals surface area contributed by atoms with Gasteiger partial charge in [-0.15, -0.1) is 0 Å². The largest absolute Gasteiger partial charge is 0.378 e. The minimum Gasteiger partial charge on any atom is -0.378 e. The number of amides is 1. The van der Waals surface area contributed by atoms with E-state index in [1.807, 2.05) is 4.90 Å². The zero-order chi connectivity index (χ0) is 13.8. The highest BCUT2D eigenvalue weighted by Gasteiger charge is 2.19. The van der Waals surface area contributed by atoms with Crippen LogP contribution in [-0.2, 0) is 9.53 Å². The molecule has 102 valence electrons. The molecule has 1 aromatic carbocycles. The van der Waals surface area contributed by atoms with Crippen LogP contribution < -0.4 is 5.32 Å². The van der Waals surface area contributed by atoms with E-state index in [4.69, 9.17) is 40.2 Å². The van der Waals surface area contributed by atoms with Gasteiger partial charge in [0.2, 0.25) is 0 Å². The molecule has 0 saturated carbocycles. The summed E-state index contributed by atoms with van der Waals surface area (Å²) >= 11 is 16.8. The van der Waals surface area contributed by atoms with E-state index in [0.717, 1.165) is 0 Å². The van der Waals surface area contributed by atoms with Crippen LogP contribution in [0.3, 0.4) is 0 Å². The van der Waals surface area contributed by atoms with Gasteiger partial charge >= 0.3 is 0 Å². The smallest absolute Gasteiger partial charge is 0.283 e. The lowest BCUT2D eigenvalue weighted by atomic mass is 10.3. The Kier molecular flexibility index (Phi) is 4.99. The Hall–Kier alpha value is -0.880. The van der Waals surface area contributed by atoms with Gasteiger partial charge in [0.25, 0.3) is 5.91 Å². The highest BCUT2D eigenvalue weighted by atomic mass is 35.5. The van der Waals surface area contributed by atoms with Gasteiger partial charge < -0.3 is 15.0 Å². The van der Waals surface area contributed by atoms with Crippen molar-refractivity contribution in [2.45, 2.75) is 0 Å². The van der Waals surface area contributed by atoms with E-state index in [-0.39, 0.29) is 10.9 Å². The van der Waals surface area contributed by atoms with Gasteiger partial charge in [-0.3, -0.25) is 4.79 Å². The summed E-state index contributed by atoms with van der Waals surface area (Å²) in [7, 11) is 0. The monoisotopic (exact) mass is 318 g/mol. The van der Waals surface area contributed by atoms with Crippen LogP contribution in [0.1, 0.15) is 0 Å². The number of hydrogen-bond acceptors (Lipinski definition) is 3. The molecule has 0 spiro atoms. The highest BCUT2D eigenvalue weighted by Crippen LogP contribution is 2.25. The van der Waals surface area contributed by atoms with Gasteiger partial charge in [0.1, 0.15) is 0 Å². The molecule has 0 unspecified atom stereocenters. The van der Waals surface area contributed by atoms with E-state index >= 15 is 0 Å². The second kappa shape index (κ2) is 6.52. The number of nitrogens with zero attached hydrogens (tertiary/aromatic N) is 1. The molecule has 1 N–H and O–H groups in total. The first-order chi connectivity index (χ1) is 9.08. The Morgan fingerprint density at radius 2 is 1.95 bits per heavy atom. The Bertz CT molecular complexity index is 505. The zero-order valence-electron chi connectivity index (χ0n) is 9.99. The maximum atomic E-state index is 12.0. The fraction of sp³-hybridized carbons (Fsp3) is 0.333. The van der Waals surface area contributed by atoms with Crippen molar-refractivity contribution in [3.8, 4) is 0 Å². The SMILES string of the molecule is O=C(Nc1ccc(Cl)c(Cl)c1)C(=S)N1CCOCC1. The summed E-state index contributed by atoms with van der Waals surface area (Å²) in [5, 5.41) is 3.53. The van der Waals surface area contributed by atoms with Gasteiger partial charge in [-0.2, -0.15) is 0 Å². The molecule has 0 atom stereocenters. The predicted molar refractivity (Wildman–Crippen MR) is 80.1 cm³/mol. The van der Waals surface area contributed by atoms with Crippen LogP contribution in [0.2, 0.25) is 10.0 Å². The number of ether oxygens (including phenoxy) is 1. The molecule has 0 aromatic heterocycles. The third-order valence-electron chi connectivity index (χ3n) is 2.67. The molecule has 1 aliphatic heterocycles. The summed E-state index contributed by atoms with van der Waals surface area (Å²) in [6.45, 7) is 2.43. The van der Waals surface area contributed by atoms with Crippen LogP contribution in [0.25, 0.3) is 0 Å². The van der Waals surface area contributed by atoms with E-state index in [9.17, 15) is 4.79 Å². The second-order valence-electron chi connectivity index (χ2n) is 3.99. The number of carbonyl (C=O) groups excluding carboxylic acids is 1. The molecule has 7 heteroatoms. The van der Waals surface area contributed by atoms with E-state index in [2.05, 4.69) is 5.32 Å². The third-order valence-corrected chi connectivity index (χ3v) is 3.85. The number of thiocarbonyl (C=S) groups is 1. The van der Waals surface area contributed by atoms with Gasteiger partial charge in [0.15, 0.2) is 4.99 Å². The molecule has 4 nitrogen and oxygen atoms in total. The lowest BCUT2D eigenvalue weighted by Crippen LogP contribution is -2.44. The van der Waals surface area contributed by atoms with Gasteiger partial charge in [-0.05, 0) is 18.2 Å². The molecule has 0 bridgehead atoms. The summed E-state index contributed by atoms with van der Waals surface area (Å²) in [6.07, 6.45) is 0. The van der Waals surface area contributed by atoms with E-state index in [1.54, 1.807) is 18.2 Å². The number of halogens is 2. The summed E-state index contributed by atoms with van der Waals surface area (Å²) < 4.78 is 5.21. The normalized spacial score (nSPS) is 15.2. The van der Waals surface area contributed by atoms with Crippen molar-refractivity contribution in [2.75, 3.05) is 31.6 Å². The first-order valence-corrected chi connectivity index (χ1v) is 6.87. The number of hydrogen-bond donors (Lipinski definition) is 1. The summed E-state index contributed by atoms with van der Waals surface area (Å²) in [5.41, 5.74) is 0.565. The van der Waals surface area contributed by atoms with E-state index < -0.39 is 0 Å². The molecule has 1 amide bonds. The predicted octanol–water partition coefficient (Wildman–Crippen LogP) is 2.59. The van der Waals surface area contributed by atoms with E-state index in [1.165, 1.54) is 0 Å². The first kappa shape index (κ1) is 14.5. The Balaban J connectivity index is 1.99. The van der Waals surface area contributed by atoms with Crippen LogP contribution in [0, 0.1) is 0 Å². The number of benzene rings is 1. The van der Waals surface area contributed by atoms with Gasteiger partial charge in [-0.1, -0.05) is 35.4 Å². The average Bonchev–Trinajstić information content (AvgIpc) is 2.43. The minimum atomic E-state index is -0.324. The highest BCUT2D eigenvalue weighted by molar-refractivity contribution is 7.82. The van der Waals surface area contributed by atoms with Crippen LogP contribution in [-0.4, -0.2) is 42.1 Å². The van der Waals surface area contributed by atoms with Crippen molar-refractivity contribution >= 4 is 52.0 Å². The molecule has 2 rings (SSSR count). The molecule has 1 fully saturated rings. The van der Waals surface area contributed by atoms with Crippen molar-refractivity contribution in [3.63, 3.8) is 0 Å². The fourth-order valence-corrected chi connectivity index (χ4v) is 2.20. The van der Waals surface area contributed by atoms with E-state index in [0.29, 0.717) is 42.0 Å². The molecular weight excluding hydrogens is 307 g/mol. The molecule has 1 heterocycles. The molecule has 19 heavy (non-hydrogen) atoms. The summed E-state index contributed by atoms with van der Waals surface area (Å²) in [4.78, 5) is 14.1. The molecule has 1 aliphatic rings. The van der Waals surface area contributed by atoms with Gasteiger partial charge in [-0.25, -0.2) is 0 Å². The minimum absolute atomic E-state index is 0.259. The summed E-state index contributed by atoms with van der Waals surface area (Å²) in [5.74, 6) is -0.324. The quantitative estimate of drug-likeness (QED) is 0.808. The van der Waals surface area contributed by atoms with Gasteiger partial charge in [0, 0.05) is 18.8 Å². The number of rotatable bonds is 1. The average molecular weight is 319 g/mol. The van der Waals surface area contributed by atoms with Crippen LogP contribution in [0.4, 0.5) is 5.69 Å². The second-order valence-corrected chi connectivity index (χ2v) is 5.19.